The van der Waals surface area contributed by atoms with Gasteiger partial charge in [-0.2, -0.15) is 0 Å². The zero-order valence-electron chi connectivity index (χ0n) is 6.38. The summed E-state index contributed by atoms with van der Waals surface area (Å²) in [5.74, 6) is -1.80. The summed E-state index contributed by atoms with van der Waals surface area (Å²) in [4.78, 5) is 32.0. The number of carbonyl (C=O) groups is 3. The number of nitrogens with one attached hydrogen (secondary N) is 2. The molecule has 12 heavy (non-hydrogen) atoms. The Kier molecular flexibility index (Phi) is 1.75. The number of carbonyl (C=O) groups excluding carboxylic acids is 2. The van der Waals surface area contributed by atoms with Gasteiger partial charge in [-0.1, -0.05) is 0 Å². The van der Waals surface area contributed by atoms with E-state index in [0.29, 0.717) is 0 Å². The summed E-state index contributed by atoms with van der Waals surface area (Å²) in [5.41, 5.74) is -1.47. The standard InChI is InChI=1S/C6H8N2O4/c1-6(4(10)11)2-3(9)7-5(12)8-6/h2H2,1H3,(H,10,11)(H2,7,8,9,12). The average molecular weight is 172 g/mol. The third-order valence-electron chi connectivity index (χ3n) is 1.63. The molecule has 1 unspecified atom stereocenters. The number of hydrogen-bond acceptors (Lipinski definition) is 3. The topological polar surface area (TPSA) is 95.5 Å². The van der Waals surface area contributed by atoms with Crippen LogP contribution in [-0.4, -0.2) is 28.6 Å². The fourth-order valence-electron chi connectivity index (χ4n) is 0.947. The molecule has 1 fully saturated rings. The second-order valence-electron chi connectivity index (χ2n) is 2.82. The van der Waals surface area contributed by atoms with E-state index in [4.69, 9.17) is 5.11 Å². The summed E-state index contributed by atoms with van der Waals surface area (Å²) in [5, 5.41) is 12.7. The van der Waals surface area contributed by atoms with Gasteiger partial charge in [0.1, 0.15) is 5.54 Å². The van der Waals surface area contributed by atoms with Crippen LogP contribution in [0.25, 0.3) is 0 Å². The van der Waals surface area contributed by atoms with E-state index in [0.717, 1.165) is 0 Å². The molecule has 0 radical (unpaired) electrons. The lowest BCUT2D eigenvalue weighted by Gasteiger charge is -2.29. The molecule has 0 aromatic carbocycles. The molecule has 0 aromatic heterocycles. The van der Waals surface area contributed by atoms with Gasteiger partial charge in [0.25, 0.3) is 0 Å². The number of urea groups is 1. The molecule has 0 spiro atoms. The Morgan fingerprint density at radius 1 is 1.58 bits per heavy atom. The predicted molar refractivity (Wildman–Crippen MR) is 37.3 cm³/mol. The highest BCUT2D eigenvalue weighted by atomic mass is 16.4. The minimum Gasteiger partial charge on any atom is -0.479 e. The van der Waals surface area contributed by atoms with Crippen LogP contribution in [0.3, 0.4) is 0 Å². The van der Waals surface area contributed by atoms with Crippen molar-refractivity contribution in [3.63, 3.8) is 0 Å². The van der Waals surface area contributed by atoms with E-state index in [2.05, 4.69) is 5.32 Å². The lowest BCUT2D eigenvalue weighted by molar-refractivity contribution is -0.146. The van der Waals surface area contributed by atoms with Gasteiger partial charge in [-0.3, -0.25) is 10.1 Å². The summed E-state index contributed by atoms with van der Waals surface area (Å²) >= 11 is 0. The van der Waals surface area contributed by atoms with Crippen molar-refractivity contribution in [3.05, 3.63) is 0 Å². The zero-order chi connectivity index (χ0) is 9.35. The molecule has 3 N–H and O–H groups in total. The van der Waals surface area contributed by atoms with Crippen molar-refractivity contribution in [2.75, 3.05) is 0 Å². The predicted octanol–water partition coefficient (Wildman–Crippen LogP) is -0.941. The van der Waals surface area contributed by atoms with E-state index >= 15 is 0 Å². The van der Waals surface area contributed by atoms with E-state index in [1.165, 1.54) is 6.92 Å². The van der Waals surface area contributed by atoms with Crippen LogP contribution in [0.1, 0.15) is 13.3 Å². The third kappa shape index (κ3) is 1.36. The van der Waals surface area contributed by atoms with Gasteiger partial charge in [-0.05, 0) is 6.92 Å². The second-order valence-corrected chi connectivity index (χ2v) is 2.82. The minimum absolute atomic E-state index is 0.242. The monoisotopic (exact) mass is 172 g/mol. The van der Waals surface area contributed by atoms with E-state index in [-0.39, 0.29) is 6.42 Å². The van der Waals surface area contributed by atoms with Crippen molar-refractivity contribution < 1.29 is 19.5 Å². The number of rotatable bonds is 1. The molecule has 1 aliphatic rings. The Hall–Kier alpha value is -1.59. The molecule has 1 heterocycles. The van der Waals surface area contributed by atoms with Gasteiger partial charge < -0.3 is 10.4 Å². The first-order valence-electron chi connectivity index (χ1n) is 3.29. The molecule has 1 saturated heterocycles. The quantitative estimate of drug-likeness (QED) is 0.475. The van der Waals surface area contributed by atoms with Crippen molar-refractivity contribution >= 4 is 17.9 Å². The molecule has 1 atom stereocenters. The number of carboxylic acids is 1. The first kappa shape index (κ1) is 8.51. The van der Waals surface area contributed by atoms with E-state index in [9.17, 15) is 14.4 Å². The van der Waals surface area contributed by atoms with Crippen LogP contribution in [0.5, 0.6) is 0 Å². The number of amides is 3. The highest BCUT2D eigenvalue weighted by molar-refractivity contribution is 6.02. The Labute approximate surface area is 67.9 Å². The number of imide groups is 1. The summed E-state index contributed by atoms with van der Waals surface area (Å²) in [6.07, 6.45) is -0.242. The van der Waals surface area contributed by atoms with Gasteiger partial charge in [0.05, 0.1) is 6.42 Å². The Bertz CT molecular complexity index is 244. The molecule has 0 aromatic rings. The summed E-state index contributed by atoms with van der Waals surface area (Å²) < 4.78 is 0. The van der Waals surface area contributed by atoms with E-state index in [1.54, 1.807) is 0 Å². The molecule has 0 bridgehead atoms. The summed E-state index contributed by atoms with van der Waals surface area (Å²) in [6, 6.07) is -0.767. The normalized spacial score (nSPS) is 29.1. The minimum atomic E-state index is -1.47. The maximum absolute atomic E-state index is 10.8. The SMILES string of the molecule is CC1(C(=O)O)CC(=O)NC(=O)N1. The zero-order valence-corrected chi connectivity index (χ0v) is 6.38. The van der Waals surface area contributed by atoms with Crippen LogP contribution in [0.4, 0.5) is 4.79 Å². The number of carboxylic acid groups (broad SMARTS) is 1. The van der Waals surface area contributed by atoms with Crippen LogP contribution in [-0.2, 0) is 9.59 Å². The molecule has 0 aliphatic carbocycles. The van der Waals surface area contributed by atoms with Crippen molar-refractivity contribution in [1.82, 2.24) is 10.6 Å². The van der Waals surface area contributed by atoms with Crippen LogP contribution in [0.15, 0.2) is 0 Å². The van der Waals surface area contributed by atoms with Gasteiger partial charge in [-0.15, -0.1) is 0 Å². The fourth-order valence-corrected chi connectivity index (χ4v) is 0.947. The molecule has 6 heteroatoms. The van der Waals surface area contributed by atoms with Gasteiger partial charge in [0, 0.05) is 0 Å². The number of hydrogen-bond donors (Lipinski definition) is 3. The molecule has 3 amide bonds. The van der Waals surface area contributed by atoms with Crippen LogP contribution in [0, 0.1) is 0 Å². The molecular weight excluding hydrogens is 164 g/mol. The fraction of sp³-hybridized carbons (Fsp3) is 0.500. The first-order valence-corrected chi connectivity index (χ1v) is 3.29. The lowest BCUT2D eigenvalue weighted by Crippen LogP contribution is -2.62. The van der Waals surface area contributed by atoms with Crippen LogP contribution in [0.2, 0.25) is 0 Å². The maximum atomic E-state index is 10.8. The summed E-state index contributed by atoms with van der Waals surface area (Å²) in [7, 11) is 0. The second kappa shape index (κ2) is 2.47. The highest BCUT2D eigenvalue weighted by Gasteiger charge is 2.41. The summed E-state index contributed by atoms with van der Waals surface area (Å²) in [6.45, 7) is 1.28. The Balaban J connectivity index is 2.85. The van der Waals surface area contributed by atoms with Gasteiger partial charge in [0.15, 0.2) is 0 Å². The largest absolute Gasteiger partial charge is 0.479 e. The Morgan fingerprint density at radius 3 is 2.58 bits per heavy atom. The van der Waals surface area contributed by atoms with Gasteiger partial charge >= 0.3 is 12.0 Å². The molecule has 6 nitrogen and oxygen atoms in total. The lowest BCUT2D eigenvalue weighted by atomic mass is 9.96. The van der Waals surface area contributed by atoms with Crippen LogP contribution < -0.4 is 10.6 Å². The smallest absolute Gasteiger partial charge is 0.329 e. The van der Waals surface area contributed by atoms with E-state index < -0.39 is 23.4 Å². The van der Waals surface area contributed by atoms with Gasteiger partial charge in [0.2, 0.25) is 5.91 Å². The van der Waals surface area contributed by atoms with Crippen molar-refractivity contribution in [2.24, 2.45) is 0 Å². The molecule has 1 aliphatic heterocycles. The van der Waals surface area contributed by atoms with Crippen LogP contribution >= 0.6 is 0 Å². The van der Waals surface area contributed by atoms with Crippen molar-refractivity contribution in [3.8, 4) is 0 Å². The maximum Gasteiger partial charge on any atom is 0.329 e. The average Bonchev–Trinajstić information content (AvgIpc) is 1.82. The van der Waals surface area contributed by atoms with Gasteiger partial charge in [-0.25, -0.2) is 9.59 Å². The molecule has 66 valence electrons. The molecular formula is C6H8N2O4. The highest BCUT2D eigenvalue weighted by Crippen LogP contribution is 2.12. The Morgan fingerprint density at radius 2 is 2.17 bits per heavy atom. The third-order valence-corrected chi connectivity index (χ3v) is 1.63. The van der Waals surface area contributed by atoms with Crippen molar-refractivity contribution in [2.45, 2.75) is 18.9 Å². The van der Waals surface area contributed by atoms with E-state index in [1.807, 2.05) is 5.32 Å². The number of aliphatic carboxylic acids is 1. The molecule has 0 saturated carbocycles. The first-order chi connectivity index (χ1) is 5.44. The molecule has 1 rings (SSSR count). The van der Waals surface area contributed by atoms with Crippen molar-refractivity contribution in [1.29, 1.82) is 0 Å².